The number of benzene rings is 2. The van der Waals surface area contributed by atoms with E-state index in [4.69, 9.17) is 14.2 Å². The summed E-state index contributed by atoms with van der Waals surface area (Å²) in [5.74, 6) is -1.09. The van der Waals surface area contributed by atoms with Crippen molar-refractivity contribution < 1.29 is 23.8 Å². The molecule has 5 nitrogen and oxygen atoms in total. The summed E-state index contributed by atoms with van der Waals surface area (Å²) in [7, 11) is 0. The van der Waals surface area contributed by atoms with Gasteiger partial charge in [0.05, 0.1) is 0 Å². The Labute approximate surface area is 133 Å². The minimum atomic E-state index is -0.859. The molecule has 1 heterocycles. The van der Waals surface area contributed by atoms with E-state index in [1.54, 1.807) is 0 Å². The number of ether oxygens (including phenoxy) is 3. The maximum absolute atomic E-state index is 11.8. The highest BCUT2D eigenvalue weighted by atomic mass is 16.7. The third kappa shape index (κ3) is 4.17. The van der Waals surface area contributed by atoms with Crippen molar-refractivity contribution in [3.05, 3.63) is 71.8 Å². The molecule has 0 saturated carbocycles. The summed E-state index contributed by atoms with van der Waals surface area (Å²) in [5, 5.41) is 0. The summed E-state index contributed by atoms with van der Waals surface area (Å²) in [4.78, 5) is 23.6. The zero-order valence-corrected chi connectivity index (χ0v) is 12.4. The molecule has 0 spiro atoms. The average molecular weight is 312 g/mol. The molecule has 0 unspecified atom stereocenters. The van der Waals surface area contributed by atoms with Gasteiger partial charge >= 0.3 is 11.9 Å². The summed E-state index contributed by atoms with van der Waals surface area (Å²) >= 11 is 0. The van der Waals surface area contributed by atoms with Crippen LogP contribution in [0.15, 0.2) is 60.7 Å². The normalized spacial score (nSPS) is 19.0. The van der Waals surface area contributed by atoms with Crippen LogP contribution in [0.5, 0.6) is 0 Å². The van der Waals surface area contributed by atoms with Gasteiger partial charge in [-0.05, 0) is 11.1 Å². The van der Waals surface area contributed by atoms with Gasteiger partial charge in [-0.25, -0.2) is 9.59 Å². The largest absolute Gasteiger partial charge is 0.459 e. The number of rotatable bonds is 6. The van der Waals surface area contributed by atoms with Gasteiger partial charge < -0.3 is 14.2 Å². The molecule has 5 heteroatoms. The topological polar surface area (TPSA) is 65.1 Å². The zero-order valence-electron chi connectivity index (χ0n) is 12.4. The van der Waals surface area contributed by atoms with Crippen LogP contribution in [-0.4, -0.2) is 24.1 Å². The van der Waals surface area contributed by atoms with Crippen LogP contribution in [0.25, 0.3) is 0 Å². The van der Waals surface area contributed by atoms with Gasteiger partial charge in [0, 0.05) is 0 Å². The first-order chi connectivity index (χ1) is 11.2. The molecule has 0 radical (unpaired) electrons. The molecule has 0 aromatic heterocycles. The van der Waals surface area contributed by atoms with E-state index in [-0.39, 0.29) is 13.2 Å². The van der Waals surface area contributed by atoms with Crippen LogP contribution >= 0.6 is 0 Å². The lowest BCUT2D eigenvalue weighted by Gasteiger charge is -2.03. The van der Waals surface area contributed by atoms with E-state index in [0.29, 0.717) is 0 Å². The molecule has 0 bridgehead atoms. The fourth-order valence-corrected chi connectivity index (χ4v) is 2.09. The SMILES string of the molecule is O=C(OCc1ccccc1)[C@H]1O[C@H]1C(=O)OCc1ccccc1. The molecule has 1 aliphatic rings. The highest BCUT2D eigenvalue weighted by molar-refractivity contribution is 5.89. The summed E-state index contributed by atoms with van der Waals surface area (Å²) < 4.78 is 15.3. The van der Waals surface area contributed by atoms with Crippen LogP contribution < -0.4 is 0 Å². The molecule has 0 aliphatic carbocycles. The Morgan fingerprint density at radius 3 is 1.52 bits per heavy atom. The second kappa shape index (κ2) is 7.07. The van der Waals surface area contributed by atoms with Crippen molar-refractivity contribution in [1.82, 2.24) is 0 Å². The summed E-state index contributed by atoms with van der Waals surface area (Å²) in [5.41, 5.74) is 1.76. The standard InChI is InChI=1S/C18H16O5/c19-17(21-11-13-7-3-1-4-8-13)15-16(23-15)18(20)22-12-14-9-5-2-6-10-14/h1-10,15-16H,11-12H2/t15-,16+. The Morgan fingerprint density at radius 2 is 1.13 bits per heavy atom. The molecule has 2 aromatic rings. The predicted molar refractivity (Wildman–Crippen MR) is 81.1 cm³/mol. The number of hydrogen-bond acceptors (Lipinski definition) is 5. The van der Waals surface area contributed by atoms with Gasteiger partial charge in [-0.15, -0.1) is 0 Å². The summed E-state index contributed by atoms with van der Waals surface area (Å²) in [6, 6.07) is 18.6. The van der Waals surface area contributed by atoms with Crippen molar-refractivity contribution in [3.8, 4) is 0 Å². The maximum Gasteiger partial charge on any atom is 0.339 e. The number of hydrogen-bond donors (Lipinski definition) is 0. The quantitative estimate of drug-likeness (QED) is 0.604. The van der Waals surface area contributed by atoms with E-state index in [0.717, 1.165) is 11.1 Å². The van der Waals surface area contributed by atoms with E-state index < -0.39 is 24.1 Å². The lowest BCUT2D eigenvalue weighted by molar-refractivity contribution is -0.148. The van der Waals surface area contributed by atoms with Gasteiger partial charge in [-0.1, -0.05) is 60.7 Å². The van der Waals surface area contributed by atoms with Crippen LogP contribution in [0, 0.1) is 0 Å². The average Bonchev–Trinajstić information content (AvgIpc) is 3.40. The van der Waals surface area contributed by atoms with E-state index in [9.17, 15) is 9.59 Å². The van der Waals surface area contributed by atoms with E-state index in [2.05, 4.69) is 0 Å². The highest BCUT2D eigenvalue weighted by Crippen LogP contribution is 2.25. The molecule has 3 rings (SSSR count). The fraction of sp³-hybridized carbons (Fsp3) is 0.222. The van der Waals surface area contributed by atoms with E-state index >= 15 is 0 Å². The van der Waals surface area contributed by atoms with E-state index in [1.165, 1.54) is 0 Å². The Kier molecular flexibility index (Phi) is 4.68. The molecule has 1 fully saturated rings. The van der Waals surface area contributed by atoms with Crippen LogP contribution in [0.2, 0.25) is 0 Å². The molecule has 2 atom stereocenters. The van der Waals surface area contributed by atoms with Crippen LogP contribution in [0.1, 0.15) is 11.1 Å². The van der Waals surface area contributed by atoms with Crippen molar-refractivity contribution in [3.63, 3.8) is 0 Å². The zero-order chi connectivity index (χ0) is 16.1. The second-order valence-electron chi connectivity index (χ2n) is 5.16. The van der Waals surface area contributed by atoms with Gasteiger partial charge in [0.15, 0.2) is 12.2 Å². The lowest BCUT2D eigenvalue weighted by Crippen LogP contribution is -2.20. The van der Waals surface area contributed by atoms with Crippen LogP contribution in [0.4, 0.5) is 0 Å². The summed E-state index contributed by atoms with van der Waals surface area (Å²) in [6.07, 6.45) is -1.72. The Hall–Kier alpha value is -2.66. The Morgan fingerprint density at radius 1 is 0.739 bits per heavy atom. The van der Waals surface area contributed by atoms with Crippen molar-refractivity contribution in [1.29, 1.82) is 0 Å². The molecule has 0 amide bonds. The number of esters is 2. The lowest BCUT2D eigenvalue weighted by atomic mass is 10.2. The Bertz CT molecular complexity index is 609. The number of carbonyl (C=O) groups is 2. The first-order valence-electron chi connectivity index (χ1n) is 7.30. The van der Waals surface area contributed by atoms with Crippen molar-refractivity contribution in [2.75, 3.05) is 0 Å². The first-order valence-corrected chi connectivity index (χ1v) is 7.30. The third-order valence-electron chi connectivity index (χ3n) is 3.40. The van der Waals surface area contributed by atoms with E-state index in [1.807, 2.05) is 60.7 Å². The minimum absolute atomic E-state index is 0.158. The Balaban J connectivity index is 1.41. The molecule has 23 heavy (non-hydrogen) atoms. The predicted octanol–water partition coefficient (Wildman–Crippen LogP) is 2.24. The molecular weight excluding hydrogens is 296 g/mol. The highest BCUT2D eigenvalue weighted by Gasteiger charge is 2.52. The monoisotopic (exact) mass is 312 g/mol. The molecule has 2 aromatic carbocycles. The second-order valence-corrected chi connectivity index (χ2v) is 5.16. The number of carbonyl (C=O) groups excluding carboxylic acids is 2. The first kappa shape index (κ1) is 15.2. The van der Waals surface area contributed by atoms with Gasteiger partial charge in [-0.2, -0.15) is 0 Å². The molecule has 1 saturated heterocycles. The van der Waals surface area contributed by atoms with Crippen molar-refractivity contribution in [2.45, 2.75) is 25.4 Å². The molecule has 1 aliphatic heterocycles. The molecule has 0 N–H and O–H groups in total. The van der Waals surface area contributed by atoms with Crippen LogP contribution in [0.3, 0.4) is 0 Å². The number of epoxide rings is 1. The van der Waals surface area contributed by atoms with Gasteiger partial charge in [0.1, 0.15) is 13.2 Å². The van der Waals surface area contributed by atoms with Gasteiger partial charge in [0.25, 0.3) is 0 Å². The van der Waals surface area contributed by atoms with Crippen LogP contribution in [-0.2, 0) is 37.0 Å². The smallest absolute Gasteiger partial charge is 0.339 e. The molecular formula is C18H16O5. The van der Waals surface area contributed by atoms with Crippen molar-refractivity contribution in [2.24, 2.45) is 0 Å². The summed E-state index contributed by atoms with van der Waals surface area (Å²) in [6.45, 7) is 0.316. The van der Waals surface area contributed by atoms with Gasteiger partial charge in [0.2, 0.25) is 0 Å². The molecule has 118 valence electrons. The van der Waals surface area contributed by atoms with Gasteiger partial charge in [-0.3, -0.25) is 0 Å². The van der Waals surface area contributed by atoms with Crippen molar-refractivity contribution >= 4 is 11.9 Å². The minimum Gasteiger partial charge on any atom is -0.459 e. The maximum atomic E-state index is 11.8. The third-order valence-corrected chi connectivity index (χ3v) is 3.40. The fourth-order valence-electron chi connectivity index (χ4n) is 2.09.